The molecule has 0 aromatic carbocycles. The summed E-state index contributed by atoms with van der Waals surface area (Å²) in [5, 5.41) is 0. The molecule has 0 saturated carbocycles. The van der Waals surface area contributed by atoms with Crippen LogP contribution in [0.1, 0.15) is 38.5 Å². The average Bonchev–Trinajstić information content (AvgIpc) is 2.63. The van der Waals surface area contributed by atoms with Gasteiger partial charge in [-0.25, -0.2) is 8.42 Å². The van der Waals surface area contributed by atoms with Crippen LogP contribution in [0.25, 0.3) is 0 Å². The van der Waals surface area contributed by atoms with E-state index in [1.807, 2.05) is 0 Å². The number of nitrogens with two attached hydrogens (primary N) is 1. The second-order valence-electron chi connectivity index (χ2n) is 5.72. The van der Waals surface area contributed by atoms with Crippen molar-refractivity contribution in [2.75, 3.05) is 31.1 Å². The van der Waals surface area contributed by atoms with E-state index in [1.54, 1.807) is 0 Å². The van der Waals surface area contributed by atoms with Crippen LogP contribution in [-0.4, -0.2) is 50.4 Å². The van der Waals surface area contributed by atoms with Gasteiger partial charge in [0.05, 0.1) is 11.5 Å². The van der Waals surface area contributed by atoms with Crippen LogP contribution < -0.4 is 5.73 Å². The SMILES string of the molecule is NC(=NCC1CCCS(=O)(=O)C1)N1CCCCCC1. The predicted octanol–water partition coefficient (Wildman–Crippen LogP) is 1.00. The van der Waals surface area contributed by atoms with E-state index in [9.17, 15) is 8.42 Å². The summed E-state index contributed by atoms with van der Waals surface area (Å²) < 4.78 is 23.1. The molecule has 0 bridgehead atoms. The van der Waals surface area contributed by atoms with Crippen molar-refractivity contribution < 1.29 is 8.42 Å². The van der Waals surface area contributed by atoms with E-state index >= 15 is 0 Å². The van der Waals surface area contributed by atoms with E-state index in [1.165, 1.54) is 25.7 Å². The molecule has 1 unspecified atom stereocenters. The fourth-order valence-corrected chi connectivity index (χ4v) is 4.65. The summed E-state index contributed by atoms with van der Waals surface area (Å²) in [7, 11) is -2.83. The number of likely N-dealkylation sites (tertiary alicyclic amines) is 1. The minimum atomic E-state index is -2.83. The molecule has 0 spiro atoms. The summed E-state index contributed by atoms with van der Waals surface area (Å²) in [4.78, 5) is 6.58. The molecule has 0 aliphatic carbocycles. The van der Waals surface area contributed by atoms with Gasteiger partial charge >= 0.3 is 0 Å². The molecule has 1 atom stereocenters. The fraction of sp³-hybridized carbons (Fsp3) is 0.923. The van der Waals surface area contributed by atoms with Crippen molar-refractivity contribution in [2.45, 2.75) is 38.5 Å². The molecule has 0 radical (unpaired) electrons. The standard InChI is InChI=1S/C13H25N3O2S/c14-13(16-7-3-1-2-4-8-16)15-10-12-6-5-9-19(17,18)11-12/h12H,1-11H2,(H2,14,15). The Morgan fingerprint density at radius 2 is 1.84 bits per heavy atom. The predicted molar refractivity (Wildman–Crippen MR) is 77.9 cm³/mol. The van der Waals surface area contributed by atoms with Gasteiger partial charge < -0.3 is 10.6 Å². The van der Waals surface area contributed by atoms with Crippen molar-refractivity contribution in [3.8, 4) is 0 Å². The minimum Gasteiger partial charge on any atom is -0.370 e. The number of hydrogen-bond donors (Lipinski definition) is 1. The van der Waals surface area contributed by atoms with E-state index in [0.717, 1.165) is 25.9 Å². The van der Waals surface area contributed by atoms with Gasteiger partial charge in [-0.05, 0) is 31.6 Å². The molecular formula is C13H25N3O2S. The lowest BCUT2D eigenvalue weighted by Crippen LogP contribution is -2.38. The zero-order valence-corrected chi connectivity index (χ0v) is 12.4. The molecule has 2 heterocycles. The van der Waals surface area contributed by atoms with E-state index in [0.29, 0.717) is 18.3 Å². The highest BCUT2D eigenvalue weighted by Crippen LogP contribution is 2.18. The summed E-state index contributed by atoms with van der Waals surface area (Å²) in [5.41, 5.74) is 6.03. The number of hydrogen-bond acceptors (Lipinski definition) is 3. The normalized spacial score (nSPS) is 28.9. The monoisotopic (exact) mass is 287 g/mol. The lowest BCUT2D eigenvalue weighted by molar-refractivity contribution is 0.424. The molecule has 2 aliphatic rings. The van der Waals surface area contributed by atoms with Crippen LogP contribution in [0.15, 0.2) is 4.99 Å². The first kappa shape index (κ1) is 14.6. The van der Waals surface area contributed by atoms with Crippen molar-refractivity contribution >= 4 is 15.8 Å². The van der Waals surface area contributed by atoms with E-state index in [-0.39, 0.29) is 11.7 Å². The minimum absolute atomic E-state index is 0.157. The Kier molecular flexibility index (Phi) is 5.07. The molecule has 2 rings (SSSR count). The highest BCUT2D eigenvalue weighted by molar-refractivity contribution is 7.91. The van der Waals surface area contributed by atoms with Crippen molar-refractivity contribution in [3.05, 3.63) is 0 Å². The lowest BCUT2D eigenvalue weighted by atomic mass is 10.1. The van der Waals surface area contributed by atoms with Crippen LogP contribution in [0.3, 0.4) is 0 Å². The Morgan fingerprint density at radius 1 is 1.16 bits per heavy atom. The quantitative estimate of drug-likeness (QED) is 0.607. The van der Waals surface area contributed by atoms with Crippen molar-refractivity contribution in [3.63, 3.8) is 0 Å². The van der Waals surface area contributed by atoms with Crippen LogP contribution >= 0.6 is 0 Å². The van der Waals surface area contributed by atoms with Gasteiger partial charge in [0.25, 0.3) is 0 Å². The first-order valence-electron chi connectivity index (χ1n) is 7.32. The number of nitrogens with zero attached hydrogens (tertiary/aromatic N) is 2. The molecule has 0 aromatic heterocycles. The largest absolute Gasteiger partial charge is 0.370 e. The van der Waals surface area contributed by atoms with Gasteiger partial charge in [0, 0.05) is 19.6 Å². The Balaban J connectivity index is 1.86. The summed E-state index contributed by atoms with van der Waals surface area (Å²) in [6.45, 7) is 2.53. The van der Waals surface area contributed by atoms with Gasteiger partial charge in [-0.2, -0.15) is 0 Å². The van der Waals surface area contributed by atoms with E-state index in [2.05, 4.69) is 9.89 Å². The molecule has 2 fully saturated rings. The number of sulfone groups is 1. The highest BCUT2D eigenvalue weighted by Gasteiger charge is 2.24. The third kappa shape index (κ3) is 4.67. The Morgan fingerprint density at radius 3 is 2.47 bits per heavy atom. The van der Waals surface area contributed by atoms with Crippen LogP contribution in [-0.2, 0) is 9.84 Å². The van der Waals surface area contributed by atoms with Gasteiger partial charge in [-0.1, -0.05) is 12.8 Å². The number of rotatable bonds is 2. The second-order valence-corrected chi connectivity index (χ2v) is 7.95. The maximum absolute atomic E-state index is 11.6. The van der Waals surface area contributed by atoms with Gasteiger partial charge in [-0.3, -0.25) is 4.99 Å². The maximum atomic E-state index is 11.6. The van der Waals surface area contributed by atoms with Crippen molar-refractivity contribution in [2.24, 2.45) is 16.6 Å². The molecule has 110 valence electrons. The third-order valence-electron chi connectivity index (χ3n) is 4.00. The zero-order valence-electron chi connectivity index (χ0n) is 11.6. The third-order valence-corrected chi connectivity index (χ3v) is 5.89. The molecule has 5 nitrogen and oxygen atoms in total. The van der Waals surface area contributed by atoms with Crippen LogP contribution in [0.5, 0.6) is 0 Å². The van der Waals surface area contributed by atoms with Crippen LogP contribution in [0, 0.1) is 5.92 Å². The van der Waals surface area contributed by atoms with Crippen molar-refractivity contribution in [1.82, 2.24) is 4.90 Å². The summed E-state index contributed by atoms with van der Waals surface area (Å²) >= 11 is 0. The molecule has 0 aromatic rings. The molecule has 2 aliphatic heterocycles. The highest BCUT2D eigenvalue weighted by atomic mass is 32.2. The first-order chi connectivity index (χ1) is 9.07. The smallest absolute Gasteiger partial charge is 0.191 e. The van der Waals surface area contributed by atoms with Crippen LogP contribution in [0.4, 0.5) is 0 Å². The van der Waals surface area contributed by atoms with Gasteiger partial charge in [0.15, 0.2) is 15.8 Å². The fourth-order valence-electron chi connectivity index (χ4n) is 2.88. The Labute approximate surface area is 116 Å². The number of aliphatic imine (C=N–C) groups is 1. The molecule has 0 amide bonds. The van der Waals surface area contributed by atoms with E-state index in [4.69, 9.17) is 5.73 Å². The number of guanidine groups is 1. The second kappa shape index (κ2) is 6.59. The van der Waals surface area contributed by atoms with Crippen molar-refractivity contribution in [1.29, 1.82) is 0 Å². The first-order valence-corrected chi connectivity index (χ1v) is 9.14. The summed E-state index contributed by atoms with van der Waals surface area (Å²) in [6, 6.07) is 0. The maximum Gasteiger partial charge on any atom is 0.191 e. The van der Waals surface area contributed by atoms with Crippen LogP contribution in [0.2, 0.25) is 0 Å². The van der Waals surface area contributed by atoms with E-state index < -0.39 is 9.84 Å². The Hall–Kier alpha value is -0.780. The summed E-state index contributed by atoms with van der Waals surface area (Å²) in [5.74, 6) is 1.38. The Bertz CT molecular complexity index is 412. The zero-order chi connectivity index (χ0) is 13.7. The van der Waals surface area contributed by atoms with Gasteiger partial charge in [0.2, 0.25) is 0 Å². The van der Waals surface area contributed by atoms with Gasteiger partial charge in [-0.15, -0.1) is 0 Å². The topological polar surface area (TPSA) is 75.8 Å². The molecule has 19 heavy (non-hydrogen) atoms. The molecule has 2 N–H and O–H groups in total. The van der Waals surface area contributed by atoms with Gasteiger partial charge in [0.1, 0.15) is 0 Å². The average molecular weight is 287 g/mol. The summed E-state index contributed by atoms with van der Waals surface area (Å²) in [6.07, 6.45) is 6.61. The molecule has 6 heteroatoms. The molecule has 2 saturated heterocycles. The molecular weight excluding hydrogens is 262 g/mol. The lowest BCUT2D eigenvalue weighted by Gasteiger charge is -2.23.